The standard InChI is InChI=1S/C23H25NO5/c1-3-29-23(26)19-8-6-18(7-9-19)20-10-4-17(16-21(20)27-2)5-11-22(25)24-12-14-28-15-13-24/h4-11,16H,3,12-15H2,1-2H3. The van der Waals surface area contributed by atoms with Gasteiger partial charge in [-0.15, -0.1) is 0 Å². The van der Waals surface area contributed by atoms with Crippen LogP contribution < -0.4 is 4.74 Å². The van der Waals surface area contributed by atoms with E-state index < -0.39 is 0 Å². The van der Waals surface area contributed by atoms with Gasteiger partial charge in [-0.25, -0.2) is 4.79 Å². The van der Waals surface area contributed by atoms with Gasteiger partial charge in [0.05, 0.1) is 32.5 Å². The normalized spacial score (nSPS) is 14.1. The van der Waals surface area contributed by atoms with Crippen LogP contribution in [0.5, 0.6) is 5.75 Å². The van der Waals surface area contributed by atoms with Crippen LogP contribution in [-0.2, 0) is 14.3 Å². The Morgan fingerprint density at radius 2 is 1.83 bits per heavy atom. The summed E-state index contributed by atoms with van der Waals surface area (Å²) in [5, 5.41) is 0. The average molecular weight is 395 g/mol. The zero-order valence-electron chi connectivity index (χ0n) is 16.7. The first-order chi connectivity index (χ1) is 14.1. The second kappa shape index (κ2) is 9.89. The van der Waals surface area contributed by atoms with E-state index in [9.17, 15) is 9.59 Å². The van der Waals surface area contributed by atoms with Gasteiger partial charge in [-0.05, 0) is 42.3 Å². The molecule has 6 nitrogen and oxygen atoms in total. The lowest BCUT2D eigenvalue weighted by molar-refractivity contribution is -0.129. The number of carbonyl (C=O) groups is 2. The van der Waals surface area contributed by atoms with Crippen molar-refractivity contribution in [2.75, 3.05) is 40.0 Å². The minimum absolute atomic E-state index is 0.0223. The molecule has 152 valence electrons. The Hall–Kier alpha value is -3.12. The van der Waals surface area contributed by atoms with E-state index in [2.05, 4.69) is 0 Å². The van der Waals surface area contributed by atoms with E-state index in [0.29, 0.717) is 44.2 Å². The van der Waals surface area contributed by atoms with Crippen molar-refractivity contribution in [3.8, 4) is 16.9 Å². The number of benzene rings is 2. The lowest BCUT2D eigenvalue weighted by atomic mass is 10.0. The number of esters is 1. The number of hydrogen-bond donors (Lipinski definition) is 0. The molecule has 0 spiro atoms. The highest BCUT2D eigenvalue weighted by molar-refractivity contribution is 5.92. The number of morpholine rings is 1. The Morgan fingerprint density at radius 1 is 1.10 bits per heavy atom. The number of rotatable bonds is 6. The Balaban J connectivity index is 1.75. The summed E-state index contributed by atoms with van der Waals surface area (Å²) >= 11 is 0. The van der Waals surface area contributed by atoms with E-state index >= 15 is 0 Å². The quantitative estimate of drug-likeness (QED) is 0.554. The van der Waals surface area contributed by atoms with Crippen molar-refractivity contribution < 1.29 is 23.8 Å². The molecule has 0 bridgehead atoms. The number of carbonyl (C=O) groups excluding carboxylic acids is 2. The average Bonchev–Trinajstić information content (AvgIpc) is 2.78. The number of hydrogen-bond acceptors (Lipinski definition) is 5. The molecular weight excluding hydrogens is 370 g/mol. The Labute approximate surface area is 170 Å². The van der Waals surface area contributed by atoms with Gasteiger partial charge in [-0.2, -0.15) is 0 Å². The van der Waals surface area contributed by atoms with Crippen molar-refractivity contribution in [1.29, 1.82) is 0 Å². The fourth-order valence-electron chi connectivity index (χ4n) is 3.11. The third kappa shape index (κ3) is 5.23. The largest absolute Gasteiger partial charge is 0.496 e. The van der Waals surface area contributed by atoms with E-state index in [0.717, 1.165) is 16.7 Å². The summed E-state index contributed by atoms with van der Waals surface area (Å²) in [5.74, 6) is 0.331. The van der Waals surface area contributed by atoms with E-state index in [1.807, 2.05) is 30.3 Å². The summed E-state index contributed by atoms with van der Waals surface area (Å²) in [5.41, 5.74) is 3.21. The first kappa shape index (κ1) is 20.6. The molecule has 1 saturated heterocycles. The van der Waals surface area contributed by atoms with Gasteiger partial charge in [0.15, 0.2) is 0 Å². The molecule has 1 amide bonds. The zero-order chi connectivity index (χ0) is 20.6. The van der Waals surface area contributed by atoms with Crippen molar-refractivity contribution >= 4 is 18.0 Å². The molecule has 1 fully saturated rings. The topological polar surface area (TPSA) is 65.1 Å². The molecule has 1 aliphatic heterocycles. The van der Waals surface area contributed by atoms with Crippen molar-refractivity contribution in [3.05, 3.63) is 59.7 Å². The summed E-state index contributed by atoms with van der Waals surface area (Å²) in [4.78, 5) is 25.8. The molecule has 0 radical (unpaired) electrons. The summed E-state index contributed by atoms with van der Waals surface area (Å²) in [6.07, 6.45) is 3.36. The van der Waals surface area contributed by atoms with E-state index in [1.165, 1.54) is 0 Å². The maximum Gasteiger partial charge on any atom is 0.338 e. The van der Waals surface area contributed by atoms with Crippen LogP contribution in [0.1, 0.15) is 22.8 Å². The van der Waals surface area contributed by atoms with E-state index in [-0.39, 0.29) is 11.9 Å². The van der Waals surface area contributed by atoms with Crippen molar-refractivity contribution in [1.82, 2.24) is 4.90 Å². The molecule has 0 atom stereocenters. The maximum absolute atomic E-state index is 12.3. The summed E-state index contributed by atoms with van der Waals surface area (Å²) in [6.45, 7) is 4.52. The smallest absolute Gasteiger partial charge is 0.338 e. The highest BCUT2D eigenvalue weighted by atomic mass is 16.5. The SMILES string of the molecule is CCOC(=O)c1ccc(-c2ccc(C=CC(=O)N3CCOCC3)cc2OC)cc1. The minimum Gasteiger partial charge on any atom is -0.496 e. The van der Waals surface area contributed by atoms with Crippen LogP contribution in [0.4, 0.5) is 0 Å². The first-order valence-corrected chi connectivity index (χ1v) is 9.62. The van der Waals surface area contributed by atoms with Gasteiger partial charge in [-0.1, -0.05) is 24.3 Å². The lowest BCUT2D eigenvalue weighted by Gasteiger charge is -2.25. The summed E-state index contributed by atoms with van der Waals surface area (Å²) in [7, 11) is 1.61. The molecule has 0 aliphatic carbocycles. The molecule has 1 heterocycles. The Morgan fingerprint density at radius 3 is 2.48 bits per heavy atom. The maximum atomic E-state index is 12.3. The molecule has 29 heavy (non-hydrogen) atoms. The molecule has 0 N–H and O–H groups in total. The Bertz CT molecular complexity index is 883. The Kier molecular flexibility index (Phi) is 7.03. The highest BCUT2D eigenvalue weighted by Gasteiger charge is 2.14. The van der Waals surface area contributed by atoms with Crippen molar-refractivity contribution in [2.45, 2.75) is 6.92 Å². The van der Waals surface area contributed by atoms with Crippen LogP contribution in [0, 0.1) is 0 Å². The molecular formula is C23H25NO5. The van der Waals surface area contributed by atoms with Gasteiger partial charge in [0.25, 0.3) is 0 Å². The van der Waals surface area contributed by atoms with Crippen LogP contribution in [0.3, 0.4) is 0 Å². The molecule has 2 aromatic carbocycles. The molecule has 0 aromatic heterocycles. The number of amides is 1. The third-order valence-electron chi connectivity index (χ3n) is 4.67. The molecule has 2 aromatic rings. The first-order valence-electron chi connectivity index (χ1n) is 9.62. The lowest BCUT2D eigenvalue weighted by Crippen LogP contribution is -2.39. The predicted octanol–water partition coefficient (Wildman–Crippen LogP) is 3.41. The van der Waals surface area contributed by atoms with Crippen LogP contribution in [0.2, 0.25) is 0 Å². The van der Waals surface area contributed by atoms with Gasteiger partial charge in [-0.3, -0.25) is 4.79 Å². The summed E-state index contributed by atoms with van der Waals surface area (Å²) in [6, 6.07) is 13.0. The van der Waals surface area contributed by atoms with Crippen molar-refractivity contribution in [3.63, 3.8) is 0 Å². The second-order valence-electron chi connectivity index (χ2n) is 6.53. The van der Waals surface area contributed by atoms with Crippen LogP contribution >= 0.6 is 0 Å². The third-order valence-corrected chi connectivity index (χ3v) is 4.67. The predicted molar refractivity (Wildman–Crippen MR) is 111 cm³/mol. The van der Waals surface area contributed by atoms with Gasteiger partial charge < -0.3 is 19.1 Å². The van der Waals surface area contributed by atoms with Crippen molar-refractivity contribution in [2.24, 2.45) is 0 Å². The molecule has 6 heteroatoms. The van der Waals surface area contributed by atoms with Crippen LogP contribution in [0.25, 0.3) is 17.2 Å². The molecule has 0 saturated carbocycles. The zero-order valence-corrected chi connectivity index (χ0v) is 16.7. The monoisotopic (exact) mass is 395 g/mol. The van der Waals surface area contributed by atoms with E-state index in [1.54, 1.807) is 43.2 Å². The highest BCUT2D eigenvalue weighted by Crippen LogP contribution is 2.31. The van der Waals surface area contributed by atoms with E-state index in [4.69, 9.17) is 14.2 Å². The summed E-state index contributed by atoms with van der Waals surface area (Å²) < 4.78 is 15.8. The minimum atomic E-state index is -0.337. The number of methoxy groups -OCH3 is 1. The second-order valence-corrected chi connectivity index (χ2v) is 6.53. The van der Waals surface area contributed by atoms with Gasteiger partial charge >= 0.3 is 5.97 Å². The molecule has 1 aliphatic rings. The molecule has 3 rings (SSSR count). The fraction of sp³-hybridized carbons (Fsp3) is 0.304. The fourth-order valence-corrected chi connectivity index (χ4v) is 3.11. The van der Waals surface area contributed by atoms with Crippen LogP contribution in [-0.4, -0.2) is 56.8 Å². The van der Waals surface area contributed by atoms with Gasteiger partial charge in [0.1, 0.15) is 5.75 Å². The van der Waals surface area contributed by atoms with Crippen LogP contribution in [0.15, 0.2) is 48.5 Å². The van der Waals surface area contributed by atoms with Gasteiger partial charge in [0.2, 0.25) is 5.91 Å². The van der Waals surface area contributed by atoms with Gasteiger partial charge in [0, 0.05) is 24.7 Å². The molecule has 0 unspecified atom stereocenters. The number of nitrogens with zero attached hydrogens (tertiary/aromatic N) is 1. The number of ether oxygens (including phenoxy) is 3.